The summed E-state index contributed by atoms with van der Waals surface area (Å²) in [6.07, 6.45) is -1.52. The van der Waals surface area contributed by atoms with E-state index >= 15 is 0 Å². The number of ether oxygens (including phenoxy) is 1. The Balaban J connectivity index is 1.93. The summed E-state index contributed by atoms with van der Waals surface area (Å²) in [7, 11) is -0.957. The fraction of sp³-hybridized carbons (Fsp3) is 0.429. The van der Waals surface area contributed by atoms with E-state index in [1.54, 1.807) is 14.1 Å². The van der Waals surface area contributed by atoms with Crippen LogP contribution in [-0.4, -0.2) is 70.1 Å². The molecule has 0 saturated carbocycles. The normalized spacial score (nSPS) is 17.3. The first kappa shape index (κ1) is 18.8. The van der Waals surface area contributed by atoms with E-state index in [0.29, 0.717) is 0 Å². The highest BCUT2D eigenvalue weighted by Crippen LogP contribution is 2.19. The van der Waals surface area contributed by atoms with Crippen LogP contribution in [0.3, 0.4) is 0 Å². The van der Waals surface area contributed by atoms with Gasteiger partial charge in [0.2, 0.25) is 5.91 Å². The fourth-order valence-electron chi connectivity index (χ4n) is 2.00. The number of benzene rings is 1. The molecule has 0 aliphatic carbocycles. The molecule has 1 aliphatic heterocycles. The van der Waals surface area contributed by atoms with Gasteiger partial charge in [-0.15, -0.1) is 4.91 Å². The number of hydrogen-bond acceptors (Lipinski definition) is 8. The maximum Gasteiger partial charge on any atom is 0.410 e. The molecule has 1 aromatic rings. The predicted octanol–water partition coefficient (Wildman–Crippen LogP) is 0.699. The molecule has 1 aromatic carbocycles. The molecule has 0 aromatic heterocycles. The zero-order valence-corrected chi connectivity index (χ0v) is 14.4. The van der Waals surface area contributed by atoms with Gasteiger partial charge in [-0.2, -0.15) is 8.42 Å². The van der Waals surface area contributed by atoms with Crippen molar-refractivity contribution in [3.8, 4) is 0 Å². The van der Waals surface area contributed by atoms with Crippen molar-refractivity contribution < 1.29 is 26.9 Å². The smallest absolute Gasteiger partial charge is 0.410 e. The molecule has 136 valence electrons. The average molecular weight is 371 g/mol. The van der Waals surface area contributed by atoms with Gasteiger partial charge < -0.3 is 9.64 Å². The van der Waals surface area contributed by atoms with E-state index in [0.717, 1.165) is 0 Å². The highest BCUT2D eigenvalue weighted by atomic mass is 32.2. The van der Waals surface area contributed by atoms with Crippen LogP contribution in [0, 0.1) is 4.91 Å². The molecule has 1 aliphatic rings. The lowest BCUT2D eigenvalue weighted by Gasteiger charge is -2.16. The van der Waals surface area contributed by atoms with Gasteiger partial charge in [0.25, 0.3) is 10.1 Å². The van der Waals surface area contributed by atoms with Crippen molar-refractivity contribution in [3.05, 3.63) is 29.2 Å². The van der Waals surface area contributed by atoms with Gasteiger partial charge in [-0.05, 0) is 29.4 Å². The number of cyclic esters (lactones) is 1. The molecule has 0 spiro atoms. The van der Waals surface area contributed by atoms with Crippen LogP contribution in [0.15, 0.2) is 34.3 Å². The van der Waals surface area contributed by atoms with Crippen LogP contribution in [0.5, 0.6) is 0 Å². The van der Waals surface area contributed by atoms with E-state index in [9.17, 15) is 22.9 Å². The molecule has 1 atom stereocenters. The maximum absolute atomic E-state index is 12.1. The number of carbonyl (C=O) groups is 2. The Bertz CT molecular complexity index is 761. The minimum Gasteiger partial charge on any atom is -0.442 e. The van der Waals surface area contributed by atoms with Gasteiger partial charge in [0.1, 0.15) is 24.9 Å². The Kier molecular flexibility index (Phi) is 5.69. The van der Waals surface area contributed by atoms with Gasteiger partial charge >= 0.3 is 6.09 Å². The summed E-state index contributed by atoms with van der Waals surface area (Å²) in [6, 6.07) is 4.87. The number of nitroso groups, excluding NO2 is 1. The predicted molar refractivity (Wildman–Crippen MR) is 85.6 cm³/mol. The van der Waals surface area contributed by atoms with E-state index in [4.69, 9.17) is 8.92 Å². The van der Waals surface area contributed by atoms with Crippen molar-refractivity contribution in [2.45, 2.75) is 11.0 Å². The van der Waals surface area contributed by atoms with E-state index < -0.39 is 22.3 Å². The monoisotopic (exact) mass is 371 g/mol. The summed E-state index contributed by atoms with van der Waals surface area (Å²) < 4.78 is 34.0. The lowest BCUT2D eigenvalue weighted by atomic mass is 10.3. The Hall–Kier alpha value is -2.53. The van der Waals surface area contributed by atoms with Crippen molar-refractivity contribution in [1.29, 1.82) is 0 Å². The van der Waals surface area contributed by atoms with E-state index in [-0.39, 0.29) is 36.2 Å². The van der Waals surface area contributed by atoms with Crippen LogP contribution in [0.1, 0.15) is 0 Å². The minimum atomic E-state index is -4.07. The maximum atomic E-state index is 12.1. The molecule has 0 N–H and O–H groups in total. The van der Waals surface area contributed by atoms with Gasteiger partial charge in [0, 0.05) is 14.1 Å². The summed E-state index contributed by atoms with van der Waals surface area (Å²) in [5.41, 5.74) is 0.0878. The summed E-state index contributed by atoms with van der Waals surface area (Å²) in [6.45, 7) is -0.494. The van der Waals surface area contributed by atoms with E-state index in [1.165, 1.54) is 34.1 Å². The van der Waals surface area contributed by atoms with Crippen molar-refractivity contribution in [2.75, 3.05) is 33.8 Å². The highest BCUT2D eigenvalue weighted by molar-refractivity contribution is 7.86. The Morgan fingerprint density at radius 1 is 1.36 bits per heavy atom. The Morgan fingerprint density at radius 2 is 2.00 bits per heavy atom. The first-order valence-electron chi connectivity index (χ1n) is 7.21. The van der Waals surface area contributed by atoms with Crippen LogP contribution in [0.4, 0.5) is 10.5 Å². The van der Waals surface area contributed by atoms with Crippen LogP contribution < -0.4 is 0 Å². The summed E-state index contributed by atoms with van der Waals surface area (Å²) in [4.78, 5) is 36.0. The molecule has 0 radical (unpaired) electrons. The average Bonchev–Trinajstić information content (AvgIpc) is 2.93. The Labute approximate surface area is 144 Å². The summed E-state index contributed by atoms with van der Waals surface area (Å²) in [5, 5.41) is 2.68. The molecule has 0 bridgehead atoms. The van der Waals surface area contributed by atoms with Crippen LogP contribution in [0.2, 0.25) is 0 Å². The van der Waals surface area contributed by atoms with Crippen LogP contribution in [-0.2, 0) is 23.8 Å². The quantitative estimate of drug-likeness (QED) is 0.510. The molecule has 11 heteroatoms. The first-order valence-corrected chi connectivity index (χ1v) is 8.62. The van der Waals surface area contributed by atoms with Crippen molar-refractivity contribution in [3.63, 3.8) is 0 Å². The van der Waals surface area contributed by atoms with Crippen molar-refractivity contribution >= 4 is 27.8 Å². The zero-order valence-electron chi connectivity index (χ0n) is 13.6. The van der Waals surface area contributed by atoms with Gasteiger partial charge in [-0.3, -0.25) is 13.9 Å². The number of amides is 2. The second-order valence-corrected chi connectivity index (χ2v) is 7.11. The molecular formula is C14H17N3O7S. The van der Waals surface area contributed by atoms with Gasteiger partial charge in [-0.1, -0.05) is 0 Å². The van der Waals surface area contributed by atoms with Gasteiger partial charge in [0.15, 0.2) is 0 Å². The molecular weight excluding hydrogens is 354 g/mol. The third kappa shape index (κ3) is 4.73. The first-order chi connectivity index (χ1) is 11.7. The number of likely N-dealkylation sites (N-methyl/N-ethyl adjacent to an activating group) is 1. The second kappa shape index (κ2) is 7.57. The van der Waals surface area contributed by atoms with E-state index in [1.807, 2.05) is 0 Å². The SMILES string of the molecule is CN(C)C(=O)CN1C[C@@H](COS(=O)(=O)c2ccc(N=O)cc2)OC1=O. The number of carbonyl (C=O) groups excluding carboxylic acids is 2. The highest BCUT2D eigenvalue weighted by Gasteiger charge is 2.34. The molecule has 10 nitrogen and oxygen atoms in total. The number of hydrogen-bond donors (Lipinski definition) is 0. The largest absolute Gasteiger partial charge is 0.442 e. The third-order valence-corrected chi connectivity index (χ3v) is 4.71. The van der Waals surface area contributed by atoms with E-state index in [2.05, 4.69) is 5.18 Å². The number of rotatable bonds is 7. The summed E-state index contributed by atoms with van der Waals surface area (Å²) in [5.74, 6) is -0.282. The lowest BCUT2D eigenvalue weighted by molar-refractivity contribution is -0.129. The molecule has 1 saturated heterocycles. The Morgan fingerprint density at radius 3 is 2.56 bits per heavy atom. The topological polar surface area (TPSA) is 123 Å². The van der Waals surface area contributed by atoms with Gasteiger partial charge in [-0.25, -0.2) is 4.79 Å². The van der Waals surface area contributed by atoms with Crippen LogP contribution in [0.25, 0.3) is 0 Å². The standard InChI is InChI=1S/C14H17N3O7S/c1-16(2)13(18)8-17-7-11(24-14(17)19)9-23-25(21,22)12-5-3-10(15-20)4-6-12/h3-6,11H,7-9H2,1-2H3/t11-/m0/s1. The third-order valence-electron chi connectivity index (χ3n) is 3.41. The lowest BCUT2D eigenvalue weighted by Crippen LogP contribution is -2.37. The fourth-order valence-corrected chi connectivity index (χ4v) is 2.94. The van der Waals surface area contributed by atoms with Crippen molar-refractivity contribution in [2.24, 2.45) is 5.18 Å². The molecule has 2 amide bonds. The molecule has 2 rings (SSSR count). The number of nitrogens with zero attached hydrogens (tertiary/aromatic N) is 3. The molecule has 1 heterocycles. The molecule has 1 fully saturated rings. The molecule has 25 heavy (non-hydrogen) atoms. The van der Waals surface area contributed by atoms with Crippen molar-refractivity contribution in [1.82, 2.24) is 9.80 Å². The minimum absolute atomic E-state index is 0.0436. The van der Waals surface area contributed by atoms with Crippen LogP contribution >= 0.6 is 0 Å². The summed E-state index contributed by atoms with van der Waals surface area (Å²) >= 11 is 0. The second-order valence-electron chi connectivity index (χ2n) is 5.50. The molecule has 0 unspecified atom stereocenters. The van der Waals surface area contributed by atoms with Gasteiger partial charge in [0.05, 0.1) is 11.4 Å². The zero-order chi connectivity index (χ0) is 18.6.